The number of aromatic hydroxyl groups is 1. The summed E-state index contributed by atoms with van der Waals surface area (Å²) in [7, 11) is 0. The van der Waals surface area contributed by atoms with E-state index in [1.54, 1.807) is 24.4 Å². The summed E-state index contributed by atoms with van der Waals surface area (Å²) in [6.07, 6.45) is 5.79. The van der Waals surface area contributed by atoms with Crippen molar-refractivity contribution < 1.29 is 15.0 Å². The molecule has 0 aliphatic carbocycles. The zero-order chi connectivity index (χ0) is 15.2. The lowest BCUT2D eigenvalue weighted by molar-refractivity contribution is -0.111. The molecule has 0 atom stereocenters. The third kappa shape index (κ3) is 4.15. The van der Waals surface area contributed by atoms with Crippen molar-refractivity contribution >= 4 is 17.7 Å². The van der Waals surface area contributed by atoms with Crippen LogP contribution in [0.1, 0.15) is 16.7 Å². The zero-order valence-corrected chi connectivity index (χ0v) is 11.6. The maximum absolute atomic E-state index is 11.9. The second kappa shape index (κ2) is 6.67. The molecule has 108 valence electrons. The van der Waals surface area contributed by atoms with Gasteiger partial charge < -0.3 is 15.5 Å². The molecule has 5 heteroatoms. The fourth-order valence-corrected chi connectivity index (χ4v) is 1.78. The van der Waals surface area contributed by atoms with E-state index < -0.39 is 0 Å². The van der Waals surface area contributed by atoms with Gasteiger partial charge in [0.2, 0.25) is 5.91 Å². The van der Waals surface area contributed by atoms with Gasteiger partial charge in [0, 0.05) is 18.0 Å². The summed E-state index contributed by atoms with van der Waals surface area (Å²) in [5, 5.41) is 21.1. The van der Waals surface area contributed by atoms with Crippen molar-refractivity contribution in [2.45, 2.75) is 13.5 Å². The maximum atomic E-state index is 11.9. The van der Waals surface area contributed by atoms with Crippen molar-refractivity contribution in [3.8, 4) is 5.75 Å². The van der Waals surface area contributed by atoms with Gasteiger partial charge in [0.25, 0.3) is 0 Å². The average Bonchev–Trinajstić information content (AvgIpc) is 2.47. The average molecular weight is 284 g/mol. The quantitative estimate of drug-likeness (QED) is 0.752. The molecule has 0 saturated heterocycles. The van der Waals surface area contributed by atoms with Crippen LogP contribution in [0.4, 0.5) is 5.69 Å². The molecule has 0 unspecified atom stereocenters. The van der Waals surface area contributed by atoms with E-state index in [0.717, 1.165) is 11.1 Å². The molecule has 0 bridgehead atoms. The lowest BCUT2D eigenvalue weighted by Crippen LogP contribution is -2.09. The van der Waals surface area contributed by atoms with Gasteiger partial charge in [0.05, 0.1) is 12.8 Å². The van der Waals surface area contributed by atoms with Gasteiger partial charge in [-0.15, -0.1) is 0 Å². The Labute approximate surface area is 122 Å². The highest BCUT2D eigenvalue weighted by molar-refractivity contribution is 6.02. The summed E-state index contributed by atoms with van der Waals surface area (Å²) >= 11 is 0. The molecule has 0 spiro atoms. The SMILES string of the molecule is Cc1ccc(CO)cc1NC(=O)/C=C/c1cncc(O)c1. The van der Waals surface area contributed by atoms with Crippen LogP contribution in [0.5, 0.6) is 5.75 Å². The van der Waals surface area contributed by atoms with Gasteiger partial charge in [-0.05, 0) is 41.8 Å². The Hall–Kier alpha value is -2.66. The second-order valence-electron chi connectivity index (χ2n) is 4.61. The number of rotatable bonds is 4. The Balaban J connectivity index is 2.08. The number of hydrogen-bond acceptors (Lipinski definition) is 4. The molecule has 1 heterocycles. The van der Waals surface area contributed by atoms with Crippen molar-refractivity contribution in [2.24, 2.45) is 0 Å². The summed E-state index contributed by atoms with van der Waals surface area (Å²) in [5.41, 5.74) is 2.93. The number of carbonyl (C=O) groups is 1. The van der Waals surface area contributed by atoms with E-state index in [1.165, 1.54) is 18.3 Å². The van der Waals surface area contributed by atoms with E-state index in [2.05, 4.69) is 10.3 Å². The van der Waals surface area contributed by atoms with Gasteiger partial charge in [-0.2, -0.15) is 0 Å². The van der Waals surface area contributed by atoms with Crippen molar-refractivity contribution in [3.63, 3.8) is 0 Å². The predicted molar refractivity (Wildman–Crippen MR) is 80.7 cm³/mol. The lowest BCUT2D eigenvalue weighted by atomic mass is 10.1. The fraction of sp³-hybridized carbons (Fsp3) is 0.125. The van der Waals surface area contributed by atoms with Crippen molar-refractivity contribution in [2.75, 3.05) is 5.32 Å². The minimum atomic E-state index is -0.295. The predicted octanol–water partition coefficient (Wildman–Crippen LogP) is 2.24. The van der Waals surface area contributed by atoms with Gasteiger partial charge in [0.1, 0.15) is 5.75 Å². The summed E-state index contributed by atoms with van der Waals surface area (Å²) < 4.78 is 0. The molecular formula is C16H16N2O3. The molecule has 0 saturated carbocycles. The monoisotopic (exact) mass is 284 g/mol. The topological polar surface area (TPSA) is 82.5 Å². The maximum Gasteiger partial charge on any atom is 0.248 e. The van der Waals surface area contributed by atoms with Crippen LogP contribution in [0, 0.1) is 6.92 Å². The number of aliphatic hydroxyl groups excluding tert-OH is 1. The third-order valence-electron chi connectivity index (χ3n) is 2.91. The number of aromatic nitrogens is 1. The van der Waals surface area contributed by atoms with E-state index >= 15 is 0 Å². The number of amides is 1. The Kier molecular flexibility index (Phi) is 4.68. The molecule has 3 N–H and O–H groups in total. The summed E-state index contributed by atoms with van der Waals surface area (Å²) in [6, 6.07) is 6.88. The summed E-state index contributed by atoms with van der Waals surface area (Å²) in [5.74, 6) is -0.249. The van der Waals surface area contributed by atoms with Crippen molar-refractivity contribution in [3.05, 3.63) is 59.4 Å². The largest absolute Gasteiger partial charge is 0.506 e. The second-order valence-corrected chi connectivity index (χ2v) is 4.61. The third-order valence-corrected chi connectivity index (χ3v) is 2.91. The molecule has 5 nitrogen and oxygen atoms in total. The van der Waals surface area contributed by atoms with Crippen LogP contribution in [0.2, 0.25) is 0 Å². The minimum absolute atomic E-state index is 0.0454. The van der Waals surface area contributed by atoms with Crippen LogP contribution in [0.25, 0.3) is 6.08 Å². The summed E-state index contributed by atoms with van der Waals surface area (Å²) in [4.78, 5) is 15.7. The smallest absolute Gasteiger partial charge is 0.248 e. The molecule has 0 aliphatic heterocycles. The molecular weight excluding hydrogens is 268 g/mol. The molecule has 21 heavy (non-hydrogen) atoms. The van der Waals surface area contributed by atoms with Crippen LogP contribution in [0.3, 0.4) is 0 Å². The highest BCUT2D eigenvalue weighted by Gasteiger charge is 2.03. The number of carbonyl (C=O) groups excluding carboxylic acids is 1. The number of nitrogens with one attached hydrogen (secondary N) is 1. The molecule has 1 aromatic carbocycles. The number of pyridine rings is 1. The van der Waals surface area contributed by atoms with E-state index in [-0.39, 0.29) is 18.3 Å². The van der Waals surface area contributed by atoms with Crippen LogP contribution < -0.4 is 5.32 Å². The van der Waals surface area contributed by atoms with Crippen molar-refractivity contribution in [1.82, 2.24) is 4.98 Å². The number of benzene rings is 1. The van der Waals surface area contributed by atoms with Crippen LogP contribution in [-0.4, -0.2) is 21.1 Å². The Bertz CT molecular complexity index is 681. The number of hydrogen-bond donors (Lipinski definition) is 3. The number of aliphatic hydroxyl groups is 1. The Morgan fingerprint density at radius 3 is 2.86 bits per heavy atom. The van der Waals surface area contributed by atoms with Gasteiger partial charge >= 0.3 is 0 Å². The van der Waals surface area contributed by atoms with E-state index in [4.69, 9.17) is 5.11 Å². The van der Waals surface area contributed by atoms with E-state index in [1.807, 2.05) is 13.0 Å². The Morgan fingerprint density at radius 2 is 2.14 bits per heavy atom. The van der Waals surface area contributed by atoms with E-state index in [0.29, 0.717) is 11.3 Å². The molecule has 0 fully saturated rings. The van der Waals surface area contributed by atoms with Gasteiger partial charge in [0.15, 0.2) is 0 Å². The number of nitrogens with zero attached hydrogens (tertiary/aromatic N) is 1. The summed E-state index contributed by atoms with van der Waals surface area (Å²) in [6.45, 7) is 1.80. The normalized spacial score (nSPS) is 10.8. The van der Waals surface area contributed by atoms with Gasteiger partial charge in [-0.25, -0.2) is 0 Å². The zero-order valence-electron chi connectivity index (χ0n) is 11.6. The first-order chi connectivity index (χ1) is 10.1. The van der Waals surface area contributed by atoms with Gasteiger partial charge in [-0.1, -0.05) is 12.1 Å². The lowest BCUT2D eigenvalue weighted by Gasteiger charge is -2.08. The first kappa shape index (κ1) is 14.7. The molecule has 0 radical (unpaired) electrons. The fourth-order valence-electron chi connectivity index (χ4n) is 1.78. The standard InChI is InChI=1S/C16H16N2O3/c1-11-2-3-13(10-19)7-15(11)18-16(21)5-4-12-6-14(20)9-17-8-12/h2-9,19-20H,10H2,1H3,(H,18,21)/b5-4+. The van der Waals surface area contributed by atoms with E-state index in [9.17, 15) is 9.90 Å². The minimum Gasteiger partial charge on any atom is -0.506 e. The molecule has 0 aliphatic rings. The van der Waals surface area contributed by atoms with Crippen LogP contribution in [-0.2, 0) is 11.4 Å². The number of aryl methyl sites for hydroxylation is 1. The molecule has 2 aromatic rings. The molecule has 1 amide bonds. The number of anilines is 1. The van der Waals surface area contributed by atoms with Crippen LogP contribution in [0.15, 0.2) is 42.7 Å². The highest BCUT2D eigenvalue weighted by Crippen LogP contribution is 2.17. The van der Waals surface area contributed by atoms with Crippen molar-refractivity contribution in [1.29, 1.82) is 0 Å². The van der Waals surface area contributed by atoms with Gasteiger partial charge in [-0.3, -0.25) is 9.78 Å². The molecule has 1 aromatic heterocycles. The highest BCUT2D eigenvalue weighted by atomic mass is 16.3. The molecule has 2 rings (SSSR count). The van der Waals surface area contributed by atoms with Crippen LogP contribution >= 0.6 is 0 Å². The first-order valence-electron chi connectivity index (χ1n) is 6.42. The Morgan fingerprint density at radius 1 is 1.33 bits per heavy atom. The first-order valence-corrected chi connectivity index (χ1v) is 6.42.